The van der Waals surface area contributed by atoms with Gasteiger partial charge < -0.3 is 15.3 Å². The molecule has 0 spiro atoms. The van der Waals surface area contributed by atoms with E-state index in [0.29, 0.717) is 6.42 Å². The van der Waals surface area contributed by atoms with Crippen LogP contribution in [0.3, 0.4) is 0 Å². The van der Waals surface area contributed by atoms with E-state index in [1.165, 1.54) is 6.92 Å². The molecule has 0 saturated heterocycles. The van der Waals surface area contributed by atoms with Crippen molar-refractivity contribution in [2.45, 2.75) is 32.4 Å². The van der Waals surface area contributed by atoms with E-state index in [9.17, 15) is 9.90 Å². The van der Waals surface area contributed by atoms with E-state index in [1.54, 1.807) is 0 Å². The summed E-state index contributed by atoms with van der Waals surface area (Å²) in [5.41, 5.74) is 2.86. The molecule has 1 radical (unpaired) electrons. The maximum Gasteiger partial charge on any atom is 0.217 e. The van der Waals surface area contributed by atoms with Crippen molar-refractivity contribution in [3.8, 4) is 0 Å². The molecule has 2 rings (SSSR count). The molecule has 1 aromatic carbocycles. The number of aliphatic hydroxyl groups excluding tert-OH is 1. The number of hydrogen-bond donors (Lipinski definition) is 2. The summed E-state index contributed by atoms with van der Waals surface area (Å²) in [6.45, 7) is 3.40. The van der Waals surface area contributed by atoms with Crippen LogP contribution in [0.15, 0.2) is 23.2 Å². The first-order valence-electron chi connectivity index (χ1n) is 6.69. The molecule has 2 atom stereocenters. The molecular formula is C15H21AcN3O2. The first-order valence-corrected chi connectivity index (χ1v) is 6.69. The molecule has 1 aliphatic carbocycles. The predicted octanol–water partition coefficient (Wildman–Crippen LogP) is 1.39. The van der Waals surface area contributed by atoms with Crippen molar-refractivity contribution in [3.63, 3.8) is 0 Å². The first kappa shape index (κ1) is 18.6. The topological polar surface area (TPSA) is 64.9 Å². The zero-order valence-electron chi connectivity index (χ0n) is 12.9. The molecule has 0 saturated carbocycles. The second kappa shape index (κ2) is 7.71. The molecule has 1 aromatic rings. The number of fused-ring (bicyclic) bond motifs is 1. The van der Waals surface area contributed by atoms with Gasteiger partial charge in [-0.15, -0.1) is 0 Å². The molecule has 111 valence electrons. The summed E-state index contributed by atoms with van der Waals surface area (Å²) in [4.78, 5) is 17.7. The van der Waals surface area contributed by atoms with E-state index in [-0.39, 0.29) is 56.0 Å². The number of carbonyl (C=O) groups is 1. The molecule has 5 nitrogen and oxygen atoms in total. The van der Waals surface area contributed by atoms with E-state index in [0.717, 1.165) is 22.6 Å². The minimum Gasteiger partial charge on any atom is -0.390 e. The molecule has 6 heteroatoms. The SMILES string of the molecule is CC(=O)NC1c2cc(N=C(C)N(C)C)ccc2CC1O.[Ac]. The van der Waals surface area contributed by atoms with Crippen LogP contribution in [-0.2, 0) is 11.2 Å². The molecule has 0 fully saturated rings. The smallest absolute Gasteiger partial charge is 0.217 e. The Labute approximate surface area is 161 Å². The van der Waals surface area contributed by atoms with Crippen LogP contribution in [0.2, 0.25) is 0 Å². The molecule has 1 aliphatic rings. The fraction of sp³-hybridized carbons (Fsp3) is 0.467. The largest absolute Gasteiger partial charge is 0.390 e. The van der Waals surface area contributed by atoms with Crippen LogP contribution < -0.4 is 5.32 Å². The van der Waals surface area contributed by atoms with Gasteiger partial charge in [0, 0.05) is 71.5 Å². The number of carbonyl (C=O) groups excluding carboxylic acids is 1. The summed E-state index contributed by atoms with van der Waals surface area (Å²) in [7, 11) is 3.88. The third-order valence-electron chi connectivity index (χ3n) is 3.58. The Bertz CT molecular complexity index is 558. The van der Waals surface area contributed by atoms with Gasteiger partial charge in [0.05, 0.1) is 17.8 Å². The second-order valence-electron chi connectivity index (χ2n) is 5.39. The van der Waals surface area contributed by atoms with Crippen molar-refractivity contribution in [2.75, 3.05) is 14.1 Å². The second-order valence-corrected chi connectivity index (χ2v) is 5.39. The van der Waals surface area contributed by atoms with Gasteiger partial charge in [-0.1, -0.05) is 6.07 Å². The molecule has 0 aliphatic heterocycles. The average Bonchev–Trinajstić information content (AvgIpc) is 2.65. The van der Waals surface area contributed by atoms with Gasteiger partial charge in [-0.05, 0) is 30.2 Å². The normalized spacial score (nSPS) is 20.5. The summed E-state index contributed by atoms with van der Waals surface area (Å²) >= 11 is 0. The summed E-state index contributed by atoms with van der Waals surface area (Å²) in [6, 6.07) is 5.52. The minimum absolute atomic E-state index is 0. The zero-order chi connectivity index (χ0) is 14.9. The Morgan fingerprint density at radius 1 is 1.38 bits per heavy atom. The van der Waals surface area contributed by atoms with E-state index < -0.39 is 6.10 Å². The standard InChI is InChI=1S/C15H21N3O2.Ac/c1-9(18(3)4)16-12-6-5-11-7-14(20)15(13(11)8-12)17-10(2)19;/h5-6,8,14-15,20H,7H2,1-4H3,(H,17,19);. The number of amidine groups is 1. The maximum absolute atomic E-state index is 11.3. The van der Waals surface area contributed by atoms with Gasteiger partial charge in [-0.2, -0.15) is 0 Å². The maximum atomic E-state index is 11.3. The number of rotatable bonds is 2. The molecule has 2 unspecified atom stereocenters. The van der Waals surface area contributed by atoms with Gasteiger partial charge in [0.2, 0.25) is 5.91 Å². The number of aliphatic hydroxyl groups is 1. The number of hydrogen-bond acceptors (Lipinski definition) is 3. The summed E-state index contributed by atoms with van der Waals surface area (Å²) in [5, 5.41) is 12.9. The van der Waals surface area contributed by atoms with Crippen LogP contribution in [0.25, 0.3) is 0 Å². The van der Waals surface area contributed by atoms with Crippen LogP contribution >= 0.6 is 0 Å². The van der Waals surface area contributed by atoms with Crippen molar-refractivity contribution in [3.05, 3.63) is 29.3 Å². The van der Waals surface area contributed by atoms with Crippen LogP contribution in [0.5, 0.6) is 0 Å². The fourth-order valence-electron chi connectivity index (χ4n) is 2.36. The van der Waals surface area contributed by atoms with Gasteiger partial charge in [0.25, 0.3) is 0 Å². The third-order valence-corrected chi connectivity index (χ3v) is 3.58. The van der Waals surface area contributed by atoms with Crippen LogP contribution in [0.4, 0.5) is 5.69 Å². The van der Waals surface area contributed by atoms with Crippen LogP contribution in [0, 0.1) is 44.1 Å². The molecule has 0 aromatic heterocycles. The average molecular weight is 502 g/mol. The van der Waals surface area contributed by atoms with Gasteiger partial charge in [0.1, 0.15) is 5.84 Å². The first-order chi connectivity index (χ1) is 9.38. The number of nitrogens with one attached hydrogen (secondary N) is 1. The van der Waals surface area contributed by atoms with Gasteiger partial charge in [0.15, 0.2) is 0 Å². The summed E-state index contributed by atoms with van der Waals surface area (Å²) in [6.07, 6.45) is -0.000191. The van der Waals surface area contributed by atoms with E-state index in [4.69, 9.17) is 0 Å². The van der Waals surface area contributed by atoms with Gasteiger partial charge in [-0.3, -0.25) is 4.79 Å². The molecular weight excluding hydrogens is 481 g/mol. The Morgan fingerprint density at radius 2 is 2.05 bits per heavy atom. The van der Waals surface area contributed by atoms with Crippen LogP contribution in [0.1, 0.15) is 31.0 Å². The monoisotopic (exact) mass is 502 g/mol. The number of benzene rings is 1. The van der Waals surface area contributed by atoms with Crippen molar-refractivity contribution >= 4 is 17.4 Å². The third kappa shape index (κ3) is 4.51. The quantitative estimate of drug-likeness (QED) is 0.475. The molecule has 0 heterocycles. The number of aliphatic imine (C=N–C) groups is 1. The van der Waals surface area contributed by atoms with E-state index in [1.807, 2.05) is 44.1 Å². The van der Waals surface area contributed by atoms with E-state index in [2.05, 4.69) is 10.3 Å². The van der Waals surface area contributed by atoms with E-state index >= 15 is 0 Å². The Morgan fingerprint density at radius 3 is 2.62 bits per heavy atom. The molecule has 0 bridgehead atoms. The summed E-state index contributed by atoms with van der Waals surface area (Å²) in [5.74, 6) is 0.764. The van der Waals surface area contributed by atoms with Crippen molar-refractivity contribution in [1.29, 1.82) is 0 Å². The Kier molecular flexibility index (Phi) is 6.83. The van der Waals surface area contributed by atoms with Crippen molar-refractivity contribution in [1.82, 2.24) is 10.2 Å². The molecule has 2 N–H and O–H groups in total. The zero-order valence-corrected chi connectivity index (χ0v) is 17.7. The van der Waals surface area contributed by atoms with Gasteiger partial charge >= 0.3 is 0 Å². The van der Waals surface area contributed by atoms with Crippen molar-refractivity contribution in [2.24, 2.45) is 4.99 Å². The fourth-order valence-corrected chi connectivity index (χ4v) is 2.36. The number of amides is 1. The molecule has 21 heavy (non-hydrogen) atoms. The summed E-state index contributed by atoms with van der Waals surface area (Å²) < 4.78 is 0. The minimum atomic E-state index is -0.567. The van der Waals surface area contributed by atoms with Gasteiger partial charge in [-0.25, -0.2) is 4.99 Å². The predicted molar refractivity (Wildman–Crippen MR) is 79.2 cm³/mol. The number of nitrogens with zero attached hydrogens (tertiary/aromatic N) is 2. The molecule has 1 amide bonds. The Balaban J connectivity index is 0.00000220. The van der Waals surface area contributed by atoms with Crippen molar-refractivity contribution < 1.29 is 54.0 Å². The van der Waals surface area contributed by atoms with Crippen LogP contribution in [-0.4, -0.2) is 41.9 Å². The Hall–Kier alpha value is -0.438.